The summed E-state index contributed by atoms with van der Waals surface area (Å²) < 4.78 is 25.6. The van der Waals surface area contributed by atoms with E-state index in [1.54, 1.807) is 0 Å². The fourth-order valence-electron chi connectivity index (χ4n) is 1.41. The Morgan fingerprint density at radius 3 is 2.82 bits per heavy atom. The van der Waals surface area contributed by atoms with Crippen molar-refractivity contribution in [2.75, 3.05) is 13.2 Å². The Kier molecular flexibility index (Phi) is 0.611. The zero-order chi connectivity index (χ0) is 7.10. The van der Waals surface area contributed by atoms with E-state index in [9.17, 15) is 0 Å². The number of hydrogen-bond acceptors (Lipinski definition) is 5. The van der Waals surface area contributed by atoms with E-state index in [0.717, 1.165) is 6.61 Å². The van der Waals surface area contributed by atoms with Gasteiger partial charge in [-0.25, -0.2) is 0 Å². The Bertz CT molecular complexity index is 235. The molecular weight excluding hydrogens is 152 g/mol. The molecule has 60 valence electrons. The largest absolute Gasteiger partial charge is 0.371 e. The molecule has 4 unspecified atom stereocenters. The predicted molar refractivity (Wildman–Crippen MR) is 28.2 cm³/mol. The first-order chi connectivity index (χ1) is 5.35. The highest BCUT2D eigenvalue weighted by molar-refractivity contribution is 5.19. The molecule has 0 saturated carbocycles. The van der Waals surface area contributed by atoms with Gasteiger partial charge in [0.15, 0.2) is 0 Å². The van der Waals surface area contributed by atoms with Gasteiger partial charge >= 0.3 is 11.8 Å². The third-order valence-electron chi connectivity index (χ3n) is 2.33. The molecule has 0 aliphatic carbocycles. The van der Waals surface area contributed by atoms with Crippen molar-refractivity contribution in [2.45, 2.75) is 24.2 Å². The van der Waals surface area contributed by atoms with Gasteiger partial charge in [-0.05, 0) is 0 Å². The van der Waals surface area contributed by atoms with Crippen molar-refractivity contribution in [3.05, 3.63) is 0 Å². The third kappa shape index (κ3) is 0.465. The Labute approximate surface area is 62.1 Å². The summed E-state index contributed by atoms with van der Waals surface area (Å²) in [7, 11) is 0. The second kappa shape index (κ2) is 1.23. The molecule has 0 aromatic rings. The first-order valence-electron chi connectivity index (χ1n) is 3.66. The molecule has 4 rings (SSSR count). The van der Waals surface area contributed by atoms with Crippen LogP contribution in [0.3, 0.4) is 0 Å². The van der Waals surface area contributed by atoms with E-state index in [4.69, 9.17) is 23.7 Å². The van der Waals surface area contributed by atoms with E-state index >= 15 is 0 Å². The van der Waals surface area contributed by atoms with Crippen LogP contribution in [0.15, 0.2) is 0 Å². The highest BCUT2D eigenvalue weighted by atomic mass is 17.2. The molecule has 5 nitrogen and oxygen atoms in total. The van der Waals surface area contributed by atoms with Crippen LogP contribution in [0, 0.1) is 0 Å². The van der Waals surface area contributed by atoms with Gasteiger partial charge in [-0.15, -0.1) is 0 Å². The highest BCUT2D eigenvalue weighted by Gasteiger charge is 3.02. The fourth-order valence-corrected chi connectivity index (χ4v) is 1.41. The van der Waals surface area contributed by atoms with Crippen molar-refractivity contribution in [3.8, 4) is 0 Å². The third-order valence-corrected chi connectivity index (χ3v) is 2.33. The molecule has 4 fully saturated rings. The first-order valence-corrected chi connectivity index (χ1v) is 3.66. The standard InChI is InChI=1S/C6H6O5/c1-3(7-1)2-8-6-5(11-6)4(9-5)10-6/h3-4H,1-2H2. The van der Waals surface area contributed by atoms with E-state index in [-0.39, 0.29) is 12.4 Å². The van der Waals surface area contributed by atoms with Crippen molar-refractivity contribution in [1.82, 2.24) is 0 Å². The Morgan fingerprint density at radius 1 is 1.45 bits per heavy atom. The van der Waals surface area contributed by atoms with Crippen LogP contribution in [0.25, 0.3) is 0 Å². The molecule has 11 heavy (non-hydrogen) atoms. The van der Waals surface area contributed by atoms with Gasteiger partial charge in [-0.3, -0.25) is 9.47 Å². The summed E-state index contributed by atoms with van der Waals surface area (Å²) in [6.07, 6.45) is 0.0923. The van der Waals surface area contributed by atoms with Gasteiger partial charge in [0.2, 0.25) is 6.29 Å². The molecule has 4 atom stereocenters. The molecule has 0 aromatic carbocycles. The predicted octanol–water partition coefficient (Wildman–Crippen LogP) is -0.831. The van der Waals surface area contributed by atoms with Crippen molar-refractivity contribution >= 4 is 0 Å². The summed E-state index contributed by atoms with van der Waals surface area (Å²) >= 11 is 0. The molecule has 0 radical (unpaired) electrons. The summed E-state index contributed by atoms with van der Waals surface area (Å²) in [5, 5.41) is 0. The van der Waals surface area contributed by atoms with E-state index in [2.05, 4.69) is 0 Å². The summed E-state index contributed by atoms with van der Waals surface area (Å²) in [6, 6.07) is 0. The molecule has 5 heteroatoms. The van der Waals surface area contributed by atoms with E-state index < -0.39 is 11.8 Å². The minimum absolute atomic E-state index is 0.150. The van der Waals surface area contributed by atoms with E-state index in [1.165, 1.54) is 0 Å². The van der Waals surface area contributed by atoms with E-state index in [1.807, 2.05) is 0 Å². The lowest BCUT2D eigenvalue weighted by atomic mass is 10.3. The normalized spacial score (nSPS) is 67.6. The lowest BCUT2D eigenvalue weighted by Crippen LogP contribution is -2.37. The van der Waals surface area contributed by atoms with Crippen LogP contribution >= 0.6 is 0 Å². The van der Waals surface area contributed by atoms with Gasteiger partial charge in [-0.1, -0.05) is 0 Å². The lowest BCUT2D eigenvalue weighted by molar-refractivity contribution is -0.261. The smallest absolute Gasteiger partial charge is 0.351 e. The lowest BCUT2D eigenvalue weighted by Gasteiger charge is -2.14. The highest BCUT2D eigenvalue weighted by Crippen LogP contribution is 2.74. The van der Waals surface area contributed by atoms with Crippen LogP contribution in [0.4, 0.5) is 0 Å². The van der Waals surface area contributed by atoms with Gasteiger partial charge < -0.3 is 14.2 Å². The second-order valence-corrected chi connectivity index (χ2v) is 3.16. The number of hydrogen-bond donors (Lipinski definition) is 0. The summed E-state index contributed by atoms with van der Waals surface area (Å²) in [4.78, 5) is 0. The Morgan fingerprint density at radius 2 is 2.36 bits per heavy atom. The molecule has 0 bridgehead atoms. The topological polar surface area (TPSA) is 56.0 Å². The molecule has 0 N–H and O–H groups in total. The molecular formula is C6H6O5. The molecule has 4 aliphatic rings. The molecule has 1 spiro atoms. The maximum absolute atomic E-state index is 5.31. The maximum atomic E-state index is 5.31. The maximum Gasteiger partial charge on any atom is 0.351 e. The van der Waals surface area contributed by atoms with Crippen LogP contribution in [-0.2, 0) is 23.7 Å². The molecule has 4 aliphatic heterocycles. The second-order valence-electron chi connectivity index (χ2n) is 3.16. The van der Waals surface area contributed by atoms with Gasteiger partial charge in [0.05, 0.1) is 13.2 Å². The fraction of sp³-hybridized carbons (Fsp3) is 1.00. The summed E-state index contributed by atoms with van der Waals surface area (Å²) in [5.41, 5.74) is 0. The van der Waals surface area contributed by atoms with Gasteiger partial charge in [0.25, 0.3) is 0 Å². The summed E-state index contributed by atoms with van der Waals surface area (Å²) in [5.74, 6) is -1.31. The van der Waals surface area contributed by atoms with Crippen LogP contribution in [-0.4, -0.2) is 37.4 Å². The minimum Gasteiger partial charge on any atom is -0.371 e. The van der Waals surface area contributed by atoms with Crippen molar-refractivity contribution in [2.24, 2.45) is 0 Å². The Balaban J connectivity index is 1.44. The van der Waals surface area contributed by atoms with Crippen LogP contribution in [0.5, 0.6) is 0 Å². The number of ether oxygens (including phenoxy) is 5. The van der Waals surface area contributed by atoms with Gasteiger partial charge in [-0.2, -0.15) is 0 Å². The van der Waals surface area contributed by atoms with E-state index in [0.29, 0.717) is 6.61 Å². The number of rotatable bonds is 3. The monoisotopic (exact) mass is 158 g/mol. The quantitative estimate of drug-likeness (QED) is 0.501. The first kappa shape index (κ1) is 5.45. The van der Waals surface area contributed by atoms with Crippen LogP contribution in [0.2, 0.25) is 0 Å². The average Bonchev–Trinajstić information content (AvgIpc) is 2.90. The SMILES string of the molecule is C1OC1COC12OC3OC31O2. The summed E-state index contributed by atoms with van der Waals surface area (Å²) in [6.45, 7) is 1.32. The van der Waals surface area contributed by atoms with Crippen molar-refractivity contribution in [1.29, 1.82) is 0 Å². The zero-order valence-corrected chi connectivity index (χ0v) is 5.61. The van der Waals surface area contributed by atoms with Crippen LogP contribution in [0.1, 0.15) is 0 Å². The zero-order valence-electron chi connectivity index (χ0n) is 5.61. The molecule has 0 aromatic heterocycles. The Hall–Kier alpha value is -0.200. The molecule has 4 saturated heterocycles. The van der Waals surface area contributed by atoms with Gasteiger partial charge in [0, 0.05) is 0 Å². The number of epoxide rings is 3. The van der Waals surface area contributed by atoms with Crippen LogP contribution < -0.4 is 0 Å². The minimum atomic E-state index is -0.830. The molecule has 0 amide bonds. The molecule has 4 heterocycles. The van der Waals surface area contributed by atoms with Gasteiger partial charge in [0.1, 0.15) is 6.10 Å². The van der Waals surface area contributed by atoms with Crippen molar-refractivity contribution < 1.29 is 23.7 Å². The van der Waals surface area contributed by atoms with Crippen molar-refractivity contribution in [3.63, 3.8) is 0 Å². The average molecular weight is 158 g/mol.